The third kappa shape index (κ3) is 5.27. The molecule has 2 N–H and O–H groups in total. The molecule has 3 aromatic heterocycles. The number of aliphatic carboxylic acids is 1. The molecular formula is C28H26ClFN6O5. The lowest BCUT2D eigenvalue weighted by molar-refractivity contribution is -0.142. The van der Waals surface area contributed by atoms with Crippen LogP contribution < -0.4 is 4.90 Å². The van der Waals surface area contributed by atoms with Crippen LogP contribution in [-0.4, -0.2) is 79.2 Å². The van der Waals surface area contributed by atoms with Crippen molar-refractivity contribution in [3.8, 4) is 22.5 Å². The van der Waals surface area contributed by atoms with Crippen molar-refractivity contribution in [2.24, 2.45) is 0 Å². The lowest BCUT2D eigenvalue weighted by Gasteiger charge is -2.38. The van der Waals surface area contributed by atoms with Crippen molar-refractivity contribution in [2.45, 2.75) is 31.5 Å². The molecule has 1 unspecified atom stereocenters. The van der Waals surface area contributed by atoms with Crippen molar-refractivity contribution in [3.05, 3.63) is 59.6 Å². The molecule has 0 aliphatic carbocycles. The molecule has 0 radical (unpaired) electrons. The lowest BCUT2D eigenvalue weighted by atomic mass is 10.0. The molecule has 6 rings (SSSR count). The Balaban J connectivity index is 1.40. The van der Waals surface area contributed by atoms with Gasteiger partial charge in [0.05, 0.1) is 28.6 Å². The van der Waals surface area contributed by atoms with Crippen LogP contribution in [0, 0.1) is 5.82 Å². The van der Waals surface area contributed by atoms with Crippen LogP contribution in [0.5, 0.6) is 0 Å². The summed E-state index contributed by atoms with van der Waals surface area (Å²) in [6, 6.07) is 8.48. The number of aromatic nitrogens is 4. The van der Waals surface area contributed by atoms with Crippen LogP contribution in [0.15, 0.2) is 48.8 Å². The summed E-state index contributed by atoms with van der Waals surface area (Å²) in [5.41, 5.74) is 3.50. The van der Waals surface area contributed by atoms with E-state index in [9.17, 15) is 19.8 Å². The normalized spacial score (nSPS) is 19.5. The molecule has 0 bridgehead atoms. The van der Waals surface area contributed by atoms with Crippen LogP contribution in [-0.2, 0) is 9.53 Å². The molecule has 0 saturated carbocycles. The molecule has 13 heteroatoms. The summed E-state index contributed by atoms with van der Waals surface area (Å²) in [5.74, 6) is -1.69. The van der Waals surface area contributed by atoms with Crippen molar-refractivity contribution < 1.29 is 28.9 Å². The van der Waals surface area contributed by atoms with Crippen LogP contribution in [0.3, 0.4) is 0 Å². The Kier molecular flexibility index (Phi) is 7.18. The molecular weight excluding hydrogens is 555 g/mol. The zero-order chi connectivity index (χ0) is 28.7. The summed E-state index contributed by atoms with van der Waals surface area (Å²) in [6.07, 6.45) is 4.62. The first kappa shape index (κ1) is 26.9. The highest BCUT2D eigenvalue weighted by molar-refractivity contribution is 6.30. The largest absolute Gasteiger partial charge is 0.480 e. The molecule has 2 aliphatic rings. The van der Waals surface area contributed by atoms with E-state index in [0.717, 1.165) is 24.2 Å². The van der Waals surface area contributed by atoms with E-state index in [2.05, 4.69) is 4.98 Å². The van der Waals surface area contributed by atoms with E-state index in [1.807, 2.05) is 0 Å². The van der Waals surface area contributed by atoms with Crippen molar-refractivity contribution in [1.29, 1.82) is 0 Å². The minimum atomic E-state index is -1.27. The van der Waals surface area contributed by atoms with Crippen LogP contribution in [0.4, 0.5) is 14.9 Å². The molecule has 2 fully saturated rings. The van der Waals surface area contributed by atoms with Crippen molar-refractivity contribution in [2.75, 3.05) is 31.1 Å². The fraction of sp³-hybridized carbons (Fsp3) is 0.321. The third-order valence-electron chi connectivity index (χ3n) is 7.44. The van der Waals surface area contributed by atoms with E-state index in [0.29, 0.717) is 51.8 Å². The van der Waals surface area contributed by atoms with Gasteiger partial charge < -0.3 is 19.8 Å². The summed E-state index contributed by atoms with van der Waals surface area (Å²) in [7, 11) is 0. The summed E-state index contributed by atoms with van der Waals surface area (Å²) in [6.45, 7) is 0.928. The van der Waals surface area contributed by atoms with E-state index >= 15 is 4.39 Å². The first-order valence-corrected chi connectivity index (χ1v) is 13.6. The molecule has 2 atom stereocenters. The first-order valence-electron chi connectivity index (χ1n) is 13.2. The molecule has 11 nitrogen and oxygen atoms in total. The van der Waals surface area contributed by atoms with Gasteiger partial charge in [-0.3, -0.25) is 9.88 Å². The number of nitrogens with zero attached hydrogens (tertiary/aromatic N) is 6. The predicted molar refractivity (Wildman–Crippen MR) is 148 cm³/mol. The second-order valence-corrected chi connectivity index (χ2v) is 10.5. The van der Waals surface area contributed by atoms with Crippen LogP contribution in [0.1, 0.15) is 25.5 Å². The number of carboxylic acids is 1. The fourth-order valence-corrected chi connectivity index (χ4v) is 5.49. The number of carboxylic acid groups (broad SMARTS) is 2. The smallest absolute Gasteiger partial charge is 0.408 e. The number of benzene rings is 1. The number of fused-ring (bicyclic) bond motifs is 1. The van der Waals surface area contributed by atoms with Crippen LogP contribution in [0.25, 0.3) is 33.5 Å². The number of halogens is 2. The molecule has 0 spiro atoms. The molecule has 4 aromatic rings. The third-order valence-corrected chi connectivity index (χ3v) is 7.68. The van der Waals surface area contributed by atoms with Gasteiger partial charge in [0.2, 0.25) is 0 Å². The van der Waals surface area contributed by atoms with Gasteiger partial charge in [-0.05, 0) is 55.7 Å². The van der Waals surface area contributed by atoms with Crippen LogP contribution >= 0.6 is 11.6 Å². The summed E-state index contributed by atoms with van der Waals surface area (Å²) < 4.78 is 22.7. The van der Waals surface area contributed by atoms with Crippen molar-refractivity contribution in [3.63, 3.8) is 0 Å². The quantitative estimate of drug-likeness (QED) is 0.338. The second kappa shape index (κ2) is 10.9. The minimum absolute atomic E-state index is 0.0269. The average molecular weight is 581 g/mol. The Morgan fingerprint density at radius 2 is 1.90 bits per heavy atom. The summed E-state index contributed by atoms with van der Waals surface area (Å²) in [5, 5.41) is 24.1. The monoisotopic (exact) mass is 580 g/mol. The van der Waals surface area contributed by atoms with Gasteiger partial charge in [-0.25, -0.2) is 23.6 Å². The Labute approximate surface area is 238 Å². The second-order valence-electron chi connectivity index (χ2n) is 10.0. The maximum atomic E-state index is 15.0. The van der Waals surface area contributed by atoms with Gasteiger partial charge in [0.15, 0.2) is 0 Å². The van der Waals surface area contributed by atoms with E-state index in [4.69, 9.17) is 26.4 Å². The Morgan fingerprint density at radius 3 is 2.66 bits per heavy atom. The summed E-state index contributed by atoms with van der Waals surface area (Å²) in [4.78, 5) is 35.3. The van der Waals surface area contributed by atoms with Gasteiger partial charge in [0.1, 0.15) is 23.8 Å². The maximum Gasteiger partial charge on any atom is 0.408 e. The number of carbonyl (C=O) groups is 2. The van der Waals surface area contributed by atoms with E-state index < -0.39 is 23.9 Å². The predicted octanol–water partition coefficient (Wildman–Crippen LogP) is 4.91. The van der Waals surface area contributed by atoms with E-state index in [1.165, 1.54) is 18.2 Å². The van der Waals surface area contributed by atoms with E-state index in [-0.39, 0.29) is 24.9 Å². The molecule has 212 valence electrons. The van der Waals surface area contributed by atoms with Crippen molar-refractivity contribution in [1.82, 2.24) is 24.6 Å². The number of rotatable bonds is 5. The number of amides is 1. The topological polar surface area (TPSA) is 134 Å². The lowest BCUT2D eigenvalue weighted by Crippen LogP contribution is -2.58. The first-order chi connectivity index (χ1) is 19.8. The number of piperazine rings is 1. The molecule has 2 saturated heterocycles. The molecule has 5 heterocycles. The molecule has 41 heavy (non-hydrogen) atoms. The van der Waals surface area contributed by atoms with Crippen LogP contribution in [0.2, 0.25) is 5.02 Å². The fourth-order valence-electron chi connectivity index (χ4n) is 5.31. The van der Waals surface area contributed by atoms with Gasteiger partial charge in [0, 0.05) is 48.6 Å². The Hall–Kier alpha value is -4.29. The van der Waals surface area contributed by atoms with Gasteiger partial charge in [0.25, 0.3) is 0 Å². The van der Waals surface area contributed by atoms with Gasteiger partial charge in [-0.15, -0.1) is 0 Å². The van der Waals surface area contributed by atoms with Crippen molar-refractivity contribution >= 4 is 40.4 Å². The number of hydrogen-bond acceptors (Lipinski definition) is 7. The summed E-state index contributed by atoms with van der Waals surface area (Å²) >= 11 is 6.22. The highest BCUT2D eigenvalue weighted by Gasteiger charge is 2.35. The van der Waals surface area contributed by atoms with Gasteiger partial charge in [-0.1, -0.05) is 11.6 Å². The van der Waals surface area contributed by atoms with Gasteiger partial charge >= 0.3 is 12.1 Å². The average Bonchev–Trinajstić information content (AvgIpc) is 3.43. The zero-order valence-corrected chi connectivity index (χ0v) is 22.5. The highest BCUT2D eigenvalue weighted by Crippen LogP contribution is 2.36. The Morgan fingerprint density at radius 1 is 1.05 bits per heavy atom. The Bertz CT molecular complexity index is 1640. The molecule has 1 aromatic carbocycles. The van der Waals surface area contributed by atoms with Gasteiger partial charge in [-0.2, -0.15) is 5.10 Å². The van der Waals surface area contributed by atoms with E-state index in [1.54, 1.807) is 40.2 Å². The zero-order valence-electron chi connectivity index (χ0n) is 21.8. The number of hydrogen-bond donors (Lipinski definition) is 2. The molecule has 1 amide bonds. The number of anilines is 1. The maximum absolute atomic E-state index is 15.0. The standard InChI is InChI=1S/C28H26ClFN6O5/c29-16-4-5-20(30)18(11-16)26-19(14-36(33-26)25-3-1-2-10-41-25)21-6-7-22-23(32-21)12-17(13-31-22)34-8-9-35(28(39)40)24(15-34)27(37)38/h4-7,11-14,24-25H,1-3,8-10,15H2,(H,37,38)(H,39,40)/t24-,25?/m1/s1. The SMILES string of the molecule is O=C(O)[C@H]1CN(c2cnc3ccc(-c4cn(C5CCCCO5)nc4-c4cc(Cl)ccc4F)nc3c2)CCN1C(=O)O. The minimum Gasteiger partial charge on any atom is -0.480 e. The highest BCUT2D eigenvalue weighted by atomic mass is 35.5. The number of ether oxygens (including phenoxy) is 1. The number of pyridine rings is 2. The molecule has 2 aliphatic heterocycles.